The molecule has 1 aromatic carbocycles. The van der Waals surface area contributed by atoms with Gasteiger partial charge in [0.1, 0.15) is 0 Å². The van der Waals surface area contributed by atoms with Crippen LogP contribution in [0.1, 0.15) is 20.1 Å². The molecule has 2 amide bonds. The van der Waals surface area contributed by atoms with Gasteiger partial charge in [0.25, 0.3) is 5.91 Å². The van der Waals surface area contributed by atoms with Crippen LogP contribution in [0.25, 0.3) is 0 Å². The Labute approximate surface area is 142 Å². The summed E-state index contributed by atoms with van der Waals surface area (Å²) < 4.78 is 0. The van der Waals surface area contributed by atoms with E-state index < -0.39 is 0 Å². The second-order valence-corrected chi connectivity index (χ2v) is 7.52. The minimum Gasteiger partial charge on any atom is -0.272 e. The van der Waals surface area contributed by atoms with Gasteiger partial charge in [0.15, 0.2) is 0 Å². The van der Waals surface area contributed by atoms with Crippen molar-refractivity contribution < 1.29 is 9.59 Å². The zero-order chi connectivity index (χ0) is 16.1. The highest BCUT2D eigenvalue weighted by molar-refractivity contribution is 8.00. The van der Waals surface area contributed by atoms with Crippen LogP contribution in [0.2, 0.25) is 5.02 Å². The van der Waals surface area contributed by atoms with E-state index in [0.717, 1.165) is 14.6 Å². The van der Waals surface area contributed by atoms with Gasteiger partial charge in [-0.05, 0) is 44.2 Å². The summed E-state index contributed by atoms with van der Waals surface area (Å²) in [5, 5.41) is 0.655. The van der Waals surface area contributed by atoms with Crippen molar-refractivity contribution in [2.45, 2.75) is 18.7 Å². The fourth-order valence-corrected chi connectivity index (χ4v) is 3.51. The minimum absolute atomic E-state index is 0.212. The number of aryl methyl sites for hydroxylation is 2. The molecule has 0 spiro atoms. The molecule has 2 N–H and O–H groups in total. The summed E-state index contributed by atoms with van der Waals surface area (Å²) in [4.78, 5) is 26.6. The van der Waals surface area contributed by atoms with Crippen molar-refractivity contribution in [2.24, 2.45) is 0 Å². The molecule has 0 saturated carbocycles. The highest BCUT2D eigenvalue weighted by atomic mass is 35.5. The third kappa shape index (κ3) is 4.76. The lowest BCUT2D eigenvalue weighted by molar-refractivity contribution is -0.119. The highest BCUT2D eigenvalue weighted by Crippen LogP contribution is 2.21. The van der Waals surface area contributed by atoms with Gasteiger partial charge in [-0.3, -0.25) is 20.4 Å². The molecule has 7 heteroatoms. The van der Waals surface area contributed by atoms with Crippen LogP contribution in [0, 0.1) is 13.8 Å². The lowest BCUT2D eigenvalue weighted by atomic mass is 10.2. The van der Waals surface area contributed by atoms with Crippen molar-refractivity contribution in [1.29, 1.82) is 0 Å². The number of halogens is 1. The van der Waals surface area contributed by atoms with Gasteiger partial charge in [-0.25, -0.2) is 0 Å². The molecule has 22 heavy (non-hydrogen) atoms. The number of amides is 2. The molecule has 0 atom stereocenters. The van der Waals surface area contributed by atoms with Crippen molar-refractivity contribution in [1.82, 2.24) is 10.9 Å². The van der Waals surface area contributed by atoms with E-state index in [9.17, 15) is 9.59 Å². The highest BCUT2D eigenvalue weighted by Gasteiger charge is 2.12. The summed E-state index contributed by atoms with van der Waals surface area (Å²) in [7, 11) is 0. The molecule has 116 valence electrons. The number of hydrogen-bond donors (Lipinski definition) is 2. The first kappa shape index (κ1) is 16.9. The second kappa shape index (κ2) is 7.67. The van der Waals surface area contributed by atoms with Crippen molar-refractivity contribution >= 4 is 46.5 Å². The molecule has 0 saturated heterocycles. The van der Waals surface area contributed by atoms with Crippen LogP contribution in [-0.2, 0) is 4.79 Å². The molecule has 1 aromatic heterocycles. The maximum absolute atomic E-state index is 12.0. The quantitative estimate of drug-likeness (QED) is 0.651. The number of rotatable bonds is 4. The molecule has 1 heterocycles. The van der Waals surface area contributed by atoms with Crippen molar-refractivity contribution in [3.8, 4) is 0 Å². The molecule has 0 aliphatic heterocycles. The Balaban J connectivity index is 1.79. The van der Waals surface area contributed by atoms with Crippen LogP contribution in [0.15, 0.2) is 35.2 Å². The molecular weight excluding hydrogens is 340 g/mol. The number of carbonyl (C=O) groups is 2. The molecule has 0 bridgehead atoms. The van der Waals surface area contributed by atoms with Crippen molar-refractivity contribution in [2.75, 3.05) is 5.75 Å². The monoisotopic (exact) mass is 354 g/mol. The fourth-order valence-electron chi connectivity index (χ4n) is 1.77. The van der Waals surface area contributed by atoms with E-state index in [1.165, 1.54) is 11.8 Å². The van der Waals surface area contributed by atoms with Crippen LogP contribution >= 0.6 is 34.7 Å². The first-order valence-electron chi connectivity index (χ1n) is 6.50. The summed E-state index contributed by atoms with van der Waals surface area (Å²) in [6, 6.07) is 9.03. The molecule has 4 nitrogen and oxygen atoms in total. The standard InChI is InChI=1S/C15H15ClN2O2S2/c1-9-7-13(10(2)22-9)15(20)18-17-14(19)8-21-12-5-3-11(16)4-6-12/h3-7H,8H2,1-2H3,(H,17,19)(H,18,20). The number of thiophene rings is 1. The van der Waals surface area contributed by atoms with Gasteiger partial charge in [-0.2, -0.15) is 0 Å². The van der Waals surface area contributed by atoms with Gasteiger partial charge < -0.3 is 0 Å². The first-order chi connectivity index (χ1) is 10.5. The average molecular weight is 355 g/mol. The number of hydrogen-bond acceptors (Lipinski definition) is 4. The molecule has 0 fully saturated rings. The third-order valence-electron chi connectivity index (χ3n) is 2.78. The number of carbonyl (C=O) groups excluding carboxylic acids is 2. The molecule has 0 aliphatic rings. The summed E-state index contributed by atoms with van der Waals surface area (Å²) >= 11 is 8.72. The Hall–Kier alpha value is -1.50. The van der Waals surface area contributed by atoms with Crippen molar-refractivity contribution in [3.63, 3.8) is 0 Å². The number of nitrogens with one attached hydrogen (secondary N) is 2. The normalized spacial score (nSPS) is 10.3. The van der Waals surface area contributed by atoms with E-state index in [2.05, 4.69) is 10.9 Å². The molecule has 0 radical (unpaired) electrons. The number of thioether (sulfide) groups is 1. The van der Waals surface area contributed by atoms with Gasteiger partial charge in [0, 0.05) is 19.7 Å². The van der Waals surface area contributed by atoms with E-state index in [-0.39, 0.29) is 17.6 Å². The van der Waals surface area contributed by atoms with Gasteiger partial charge in [-0.15, -0.1) is 23.1 Å². The van der Waals surface area contributed by atoms with Crippen LogP contribution in [0.3, 0.4) is 0 Å². The predicted octanol–water partition coefficient (Wildman–Crippen LogP) is 3.57. The maximum Gasteiger partial charge on any atom is 0.270 e. The number of hydrazine groups is 1. The molecule has 2 rings (SSSR count). The topological polar surface area (TPSA) is 58.2 Å². The average Bonchev–Trinajstić information content (AvgIpc) is 2.83. The smallest absolute Gasteiger partial charge is 0.270 e. The second-order valence-electron chi connectivity index (χ2n) is 4.57. The Kier molecular flexibility index (Phi) is 5.88. The summed E-state index contributed by atoms with van der Waals surface area (Å²) in [5.74, 6) is -0.353. The van der Waals surface area contributed by atoms with Crippen LogP contribution in [0.4, 0.5) is 0 Å². The molecule has 0 aliphatic carbocycles. The zero-order valence-corrected chi connectivity index (χ0v) is 14.5. The Morgan fingerprint density at radius 3 is 2.45 bits per heavy atom. The van der Waals surface area contributed by atoms with Gasteiger partial charge >= 0.3 is 0 Å². The number of benzene rings is 1. The van der Waals surface area contributed by atoms with E-state index in [4.69, 9.17) is 11.6 Å². The molecule has 2 aromatic rings. The van der Waals surface area contributed by atoms with Crippen LogP contribution in [0.5, 0.6) is 0 Å². The summed E-state index contributed by atoms with van der Waals surface area (Å²) in [5.41, 5.74) is 5.44. The van der Waals surface area contributed by atoms with Crippen LogP contribution < -0.4 is 10.9 Å². The van der Waals surface area contributed by atoms with E-state index >= 15 is 0 Å². The Bertz CT molecular complexity index is 683. The van der Waals surface area contributed by atoms with Gasteiger partial charge in [0.2, 0.25) is 5.91 Å². The van der Waals surface area contributed by atoms with E-state index in [0.29, 0.717) is 10.6 Å². The predicted molar refractivity (Wildman–Crippen MR) is 91.6 cm³/mol. The summed E-state index contributed by atoms with van der Waals surface area (Å²) in [6.45, 7) is 3.82. The lowest BCUT2D eigenvalue weighted by Crippen LogP contribution is -2.42. The fraction of sp³-hybridized carbons (Fsp3) is 0.200. The minimum atomic E-state index is -0.299. The van der Waals surface area contributed by atoms with Crippen LogP contribution in [-0.4, -0.2) is 17.6 Å². The van der Waals surface area contributed by atoms with E-state index in [1.54, 1.807) is 23.5 Å². The lowest BCUT2D eigenvalue weighted by Gasteiger charge is -2.07. The Morgan fingerprint density at radius 2 is 1.86 bits per heavy atom. The third-order valence-corrected chi connectivity index (χ3v) is 5.01. The van der Waals surface area contributed by atoms with Gasteiger partial charge in [0.05, 0.1) is 11.3 Å². The van der Waals surface area contributed by atoms with Crippen molar-refractivity contribution in [3.05, 3.63) is 50.7 Å². The molecular formula is C15H15ClN2O2S2. The SMILES string of the molecule is Cc1cc(C(=O)NNC(=O)CSc2ccc(Cl)cc2)c(C)s1. The zero-order valence-electron chi connectivity index (χ0n) is 12.1. The van der Waals surface area contributed by atoms with E-state index in [1.807, 2.05) is 32.0 Å². The maximum atomic E-state index is 12.0. The summed E-state index contributed by atoms with van der Waals surface area (Å²) in [6.07, 6.45) is 0. The largest absolute Gasteiger partial charge is 0.272 e. The Morgan fingerprint density at radius 1 is 1.18 bits per heavy atom. The van der Waals surface area contributed by atoms with Gasteiger partial charge in [-0.1, -0.05) is 11.6 Å². The molecule has 0 unspecified atom stereocenters. The first-order valence-corrected chi connectivity index (χ1v) is 8.68.